The summed E-state index contributed by atoms with van der Waals surface area (Å²) in [6.45, 7) is 6.97. The van der Waals surface area contributed by atoms with Crippen LogP contribution in [-0.2, 0) is 34.0 Å². The summed E-state index contributed by atoms with van der Waals surface area (Å²) < 4.78 is 4.61. The van der Waals surface area contributed by atoms with Crippen molar-refractivity contribution in [3.05, 3.63) is 0 Å². The van der Waals surface area contributed by atoms with Crippen LogP contribution in [0.5, 0.6) is 0 Å². The molecule has 0 aliphatic heterocycles. The third-order valence-electron chi connectivity index (χ3n) is 0.641. The zero-order valence-corrected chi connectivity index (χ0v) is 11.0. The number of hydrogen-bond donors (Lipinski definition) is 0. The van der Waals surface area contributed by atoms with Crippen LogP contribution in [0.2, 0.25) is 0 Å². The molecule has 12 heavy (non-hydrogen) atoms. The van der Waals surface area contributed by atoms with Crippen LogP contribution in [0.25, 0.3) is 0 Å². The second kappa shape index (κ2) is 7.50. The van der Waals surface area contributed by atoms with Gasteiger partial charge in [-0.15, -0.1) is 0 Å². The van der Waals surface area contributed by atoms with Crippen LogP contribution in [0.15, 0.2) is 0 Å². The summed E-state index contributed by atoms with van der Waals surface area (Å²) in [5.74, 6) is 0. The van der Waals surface area contributed by atoms with E-state index < -0.39 is 6.16 Å². The third kappa shape index (κ3) is 9.85. The molecule has 0 N–H and O–H groups in total. The maximum Gasteiger partial charge on any atom is 0.540 e. The average Bonchev–Trinajstić information content (AvgIpc) is 1.82. The fourth-order valence-electron chi connectivity index (χ4n) is 0.348. The first-order valence-electron chi connectivity index (χ1n) is 3.56. The van der Waals surface area contributed by atoms with Gasteiger partial charge in [0.25, 0.3) is 0 Å². The zero-order valence-electron chi connectivity index (χ0n) is 7.99. The summed E-state index contributed by atoms with van der Waals surface area (Å²) in [6.07, 6.45) is -1.12. The minimum absolute atomic E-state index is 0. The van der Waals surface area contributed by atoms with E-state index in [-0.39, 0.29) is 31.7 Å². The Kier molecular flexibility index (Phi) is 8.99. The molecule has 0 radical (unpaired) electrons. The molecule has 0 aliphatic carbocycles. The van der Waals surface area contributed by atoms with E-state index in [0.717, 1.165) is 0 Å². The number of ether oxygens (including phenoxy) is 1. The Labute approximate surface area is 85.2 Å². The molecular weight excluding hydrogens is 213 g/mol. The zero-order chi connectivity index (χ0) is 8.85. The van der Waals surface area contributed by atoms with Crippen molar-refractivity contribution in [2.24, 2.45) is 0 Å². The number of hydrogen-bond acceptors (Lipinski definition) is 4. The van der Waals surface area contributed by atoms with Crippen molar-refractivity contribution in [2.75, 3.05) is 0 Å². The van der Waals surface area contributed by atoms with Gasteiger partial charge >= 0.3 is 6.16 Å². The number of carbonyl (C=O) groups is 1. The Hall–Kier alpha value is -0.147. The van der Waals surface area contributed by atoms with Gasteiger partial charge in [-0.25, -0.2) is 4.79 Å². The SMILES string of the molecule is CC(C)OOC(=O)OC(C)C.[Zn]. The van der Waals surface area contributed by atoms with Crippen LogP contribution in [0.3, 0.4) is 0 Å². The molecule has 0 saturated heterocycles. The molecule has 0 fully saturated rings. The Morgan fingerprint density at radius 2 is 1.58 bits per heavy atom. The molecule has 0 aromatic heterocycles. The molecule has 0 aliphatic rings. The molecule has 68 valence electrons. The minimum atomic E-state index is -0.798. The Morgan fingerprint density at radius 1 is 1.08 bits per heavy atom. The van der Waals surface area contributed by atoms with E-state index in [1.807, 2.05) is 0 Å². The van der Waals surface area contributed by atoms with E-state index >= 15 is 0 Å². The molecule has 0 aromatic carbocycles. The van der Waals surface area contributed by atoms with Crippen molar-refractivity contribution in [3.63, 3.8) is 0 Å². The van der Waals surface area contributed by atoms with Crippen LogP contribution in [0.4, 0.5) is 4.79 Å². The summed E-state index contributed by atoms with van der Waals surface area (Å²) in [5.41, 5.74) is 0. The summed E-state index contributed by atoms with van der Waals surface area (Å²) in [5, 5.41) is 0. The number of rotatable bonds is 3. The van der Waals surface area contributed by atoms with Crippen LogP contribution >= 0.6 is 0 Å². The third-order valence-corrected chi connectivity index (χ3v) is 0.641. The molecule has 0 spiro atoms. The van der Waals surface area contributed by atoms with E-state index in [9.17, 15) is 4.79 Å². The Balaban J connectivity index is 0. The molecule has 0 atom stereocenters. The molecule has 0 saturated carbocycles. The molecule has 0 rings (SSSR count). The van der Waals surface area contributed by atoms with E-state index in [0.29, 0.717) is 0 Å². The summed E-state index contributed by atoms with van der Waals surface area (Å²) >= 11 is 0. The smallest absolute Gasteiger partial charge is 0.430 e. The van der Waals surface area contributed by atoms with Crippen molar-refractivity contribution in [1.29, 1.82) is 0 Å². The van der Waals surface area contributed by atoms with E-state index in [2.05, 4.69) is 14.5 Å². The monoisotopic (exact) mass is 226 g/mol. The average molecular weight is 228 g/mol. The van der Waals surface area contributed by atoms with Crippen molar-refractivity contribution < 1.29 is 38.8 Å². The molecule has 0 amide bonds. The first kappa shape index (κ1) is 14.4. The Bertz CT molecular complexity index is 125. The second-order valence-electron chi connectivity index (χ2n) is 2.64. The largest absolute Gasteiger partial charge is 0.540 e. The van der Waals surface area contributed by atoms with Gasteiger partial charge in [0.15, 0.2) is 0 Å². The predicted molar refractivity (Wildman–Crippen MR) is 38.9 cm³/mol. The molecule has 5 heteroatoms. The molecular formula is C7H14O4Zn. The number of carbonyl (C=O) groups excluding carboxylic acids is 1. The van der Waals surface area contributed by atoms with Gasteiger partial charge in [-0.3, -0.25) is 4.89 Å². The van der Waals surface area contributed by atoms with Crippen LogP contribution < -0.4 is 0 Å². The molecule has 0 unspecified atom stereocenters. The molecule has 0 aromatic rings. The van der Waals surface area contributed by atoms with Gasteiger partial charge in [-0.05, 0) is 27.7 Å². The molecule has 4 nitrogen and oxygen atoms in total. The first-order valence-corrected chi connectivity index (χ1v) is 3.56. The summed E-state index contributed by atoms with van der Waals surface area (Å²) in [6, 6.07) is 0. The van der Waals surface area contributed by atoms with Crippen molar-refractivity contribution in [2.45, 2.75) is 39.9 Å². The van der Waals surface area contributed by atoms with E-state index in [1.165, 1.54) is 0 Å². The maximum absolute atomic E-state index is 10.6. The fraction of sp³-hybridized carbons (Fsp3) is 0.857. The second-order valence-corrected chi connectivity index (χ2v) is 2.64. The van der Waals surface area contributed by atoms with Gasteiger partial charge in [0.1, 0.15) is 0 Å². The van der Waals surface area contributed by atoms with Gasteiger partial charge < -0.3 is 4.74 Å². The van der Waals surface area contributed by atoms with Crippen LogP contribution in [0.1, 0.15) is 27.7 Å². The fourth-order valence-corrected chi connectivity index (χ4v) is 0.348. The van der Waals surface area contributed by atoms with Gasteiger partial charge in [0.2, 0.25) is 0 Å². The standard InChI is InChI=1S/C7H14O4.Zn/c1-5(2)9-7(8)11-10-6(3)4;/h5-6H,1-4H3;. The summed E-state index contributed by atoms with van der Waals surface area (Å²) in [4.78, 5) is 19.4. The topological polar surface area (TPSA) is 44.8 Å². The minimum Gasteiger partial charge on any atom is -0.430 e. The van der Waals surface area contributed by atoms with Gasteiger partial charge in [0.05, 0.1) is 12.2 Å². The van der Waals surface area contributed by atoms with E-state index in [1.54, 1.807) is 27.7 Å². The normalized spacial score (nSPS) is 9.50. The summed E-state index contributed by atoms with van der Waals surface area (Å²) in [7, 11) is 0. The van der Waals surface area contributed by atoms with Gasteiger partial charge in [-0.1, -0.05) is 0 Å². The van der Waals surface area contributed by atoms with Crippen molar-refractivity contribution in [3.8, 4) is 0 Å². The van der Waals surface area contributed by atoms with E-state index in [4.69, 9.17) is 0 Å². The van der Waals surface area contributed by atoms with Crippen molar-refractivity contribution in [1.82, 2.24) is 0 Å². The predicted octanol–water partition coefficient (Wildman–Crippen LogP) is 1.89. The van der Waals surface area contributed by atoms with Crippen LogP contribution in [-0.4, -0.2) is 18.4 Å². The first-order chi connectivity index (χ1) is 5.02. The van der Waals surface area contributed by atoms with Gasteiger partial charge in [0, 0.05) is 19.5 Å². The maximum atomic E-state index is 10.6. The quantitative estimate of drug-likeness (QED) is 0.320. The van der Waals surface area contributed by atoms with Gasteiger partial charge in [-0.2, -0.15) is 4.89 Å². The molecule has 0 heterocycles. The van der Waals surface area contributed by atoms with Crippen molar-refractivity contribution >= 4 is 6.16 Å². The molecule has 0 bridgehead atoms. The van der Waals surface area contributed by atoms with Crippen LogP contribution in [0, 0.1) is 0 Å². The Morgan fingerprint density at radius 3 is 1.92 bits per heavy atom.